The van der Waals surface area contributed by atoms with E-state index in [9.17, 15) is 4.79 Å². The minimum atomic E-state index is 0.198. The molecule has 0 unspecified atom stereocenters. The van der Waals surface area contributed by atoms with Crippen molar-refractivity contribution < 1.29 is 4.79 Å². The second-order valence-corrected chi connectivity index (χ2v) is 6.97. The van der Waals surface area contributed by atoms with Crippen molar-refractivity contribution in [1.82, 2.24) is 0 Å². The molecule has 2 fully saturated rings. The Morgan fingerprint density at radius 1 is 1.30 bits per heavy atom. The SMILES string of the molecule is CC(C)c1cccc(NC(=O)C[C@@H]2C[C@@H]3CC[C@@H]2C3)c1. The van der Waals surface area contributed by atoms with Gasteiger partial charge in [-0.05, 0) is 60.6 Å². The van der Waals surface area contributed by atoms with Crippen molar-refractivity contribution >= 4 is 11.6 Å². The molecule has 2 heteroatoms. The Morgan fingerprint density at radius 3 is 2.80 bits per heavy atom. The van der Waals surface area contributed by atoms with Crippen LogP contribution in [0.3, 0.4) is 0 Å². The summed E-state index contributed by atoms with van der Waals surface area (Å²) in [5.41, 5.74) is 2.23. The van der Waals surface area contributed by atoms with Crippen LogP contribution >= 0.6 is 0 Å². The summed E-state index contributed by atoms with van der Waals surface area (Å²) < 4.78 is 0. The van der Waals surface area contributed by atoms with Gasteiger partial charge in [-0.1, -0.05) is 32.4 Å². The number of carbonyl (C=O) groups is 1. The second-order valence-electron chi connectivity index (χ2n) is 6.97. The molecule has 0 aliphatic heterocycles. The molecule has 2 bridgehead atoms. The molecule has 2 aliphatic rings. The van der Waals surface area contributed by atoms with Crippen LogP contribution in [0.4, 0.5) is 5.69 Å². The summed E-state index contributed by atoms with van der Waals surface area (Å²) >= 11 is 0. The number of fused-ring (bicyclic) bond motifs is 2. The van der Waals surface area contributed by atoms with Gasteiger partial charge in [0.25, 0.3) is 0 Å². The standard InChI is InChI=1S/C18H25NO/c1-12(2)14-4-3-5-17(10-14)19-18(20)11-16-9-13-6-7-15(16)8-13/h3-5,10,12-13,15-16H,6-9,11H2,1-2H3,(H,19,20)/t13-,15-,16+/m1/s1. The van der Waals surface area contributed by atoms with Crippen molar-refractivity contribution in [1.29, 1.82) is 0 Å². The molecule has 0 heterocycles. The highest BCUT2D eigenvalue weighted by molar-refractivity contribution is 5.91. The summed E-state index contributed by atoms with van der Waals surface area (Å²) in [4.78, 5) is 12.2. The molecule has 0 aromatic heterocycles. The average molecular weight is 271 g/mol. The highest BCUT2D eigenvalue weighted by Crippen LogP contribution is 2.49. The maximum atomic E-state index is 12.2. The monoisotopic (exact) mass is 271 g/mol. The summed E-state index contributed by atoms with van der Waals surface area (Å²) in [6.07, 6.45) is 6.13. The van der Waals surface area contributed by atoms with E-state index in [1.165, 1.54) is 31.2 Å². The van der Waals surface area contributed by atoms with Gasteiger partial charge >= 0.3 is 0 Å². The van der Waals surface area contributed by atoms with Gasteiger partial charge in [0.15, 0.2) is 0 Å². The zero-order chi connectivity index (χ0) is 14.1. The highest BCUT2D eigenvalue weighted by Gasteiger charge is 2.40. The van der Waals surface area contributed by atoms with Gasteiger partial charge in [0, 0.05) is 12.1 Å². The topological polar surface area (TPSA) is 29.1 Å². The van der Waals surface area contributed by atoms with E-state index in [1.54, 1.807) is 0 Å². The van der Waals surface area contributed by atoms with Crippen LogP contribution in [0.25, 0.3) is 0 Å². The van der Waals surface area contributed by atoms with E-state index in [2.05, 4.69) is 31.3 Å². The molecule has 3 atom stereocenters. The van der Waals surface area contributed by atoms with E-state index in [0.29, 0.717) is 18.3 Å². The van der Waals surface area contributed by atoms with E-state index in [4.69, 9.17) is 0 Å². The fourth-order valence-electron chi connectivity index (χ4n) is 4.05. The molecule has 2 nitrogen and oxygen atoms in total. The lowest BCUT2D eigenvalue weighted by Crippen LogP contribution is -2.20. The Kier molecular flexibility index (Phi) is 3.82. The number of benzene rings is 1. The van der Waals surface area contributed by atoms with Crippen molar-refractivity contribution in [2.75, 3.05) is 5.32 Å². The third-order valence-corrected chi connectivity index (χ3v) is 5.17. The predicted octanol–water partition coefficient (Wildman–Crippen LogP) is 4.57. The van der Waals surface area contributed by atoms with Gasteiger partial charge in [0.05, 0.1) is 0 Å². The normalized spacial score (nSPS) is 28.1. The van der Waals surface area contributed by atoms with Crippen LogP contribution in [0, 0.1) is 17.8 Å². The van der Waals surface area contributed by atoms with Crippen LogP contribution in [-0.2, 0) is 4.79 Å². The molecular formula is C18H25NO. The Labute approximate surface area is 122 Å². The Hall–Kier alpha value is -1.31. The first-order valence-corrected chi connectivity index (χ1v) is 8.01. The molecule has 1 aromatic rings. The summed E-state index contributed by atoms with van der Waals surface area (Å²) in [7, 11) is 0. The zero-order valence-electron chi connectivity index (χ0n) is 12.6. The first kappa shape index (κ1) is 13.7. The predicted molar refractivity (Wildman–Crippen MR) is 82.7 cm³/mol. The van der Waals surface area contributed by atoms with Crippen molar-refractivity contribution in [3.63, 3.8) is 0 Å². The fraction of sp³-hybridized carbons (Fsp3) is 0.611. The molecule has 1 amide bonds. The molecule has 3 rings (SSSR count). The van der Waals surface area contributed by atoms with Crippen LogP contribution in [0.2, 0.25) is 0 Å². The molecule has 2 saturated carbocycles. The quantitative estimate of drug-likeness (QED) is 0.853. The van der Waals surface area contributed by atoms with Gasteiger partial charge in [-0.25, -0.2) is 0 Å². The van der Waals surface area contributed by atoms with Gasteiger partial charge in [0.1, 0.15) is 0 Å². The molecule has 20 heavy (non-hydrogen) atoms. The van der Waals surface area contributed by atoms with Crippen LogP contribution in [0.5, 0.6) is 0 Å². The second kappa shape index (κ2) is 5.59. The van der Waals surface area contributed by atoms with Crippen molar-refractivity contribution in [2.24, 2.45) is 17.8 Å². The Bertz CT molecular complexity index is 494. The average Bonchev–Trinajstić information content (AvgIpc) is 3.01. The van der Waals surface area contributed by atoms with Gasteiger partial charge in [-0.15, -0.1) is 0 Å². The minimum absolute atomic E-state index is 0.198. The minimum Gasteiger partial charge on any atom is -0.326 e. The number of amides is 1. The van der Waals surface area contributed by atoms with Crippen LogP contribution in [0.1, 0.15) is 57.4 Å². The van der Waals surface area contributed by atoms with Crippen molar-refractivity contribution in [3.05, 3.63) is 29.8 Å². The Balaban J connectivity index is 1.57. The molecule has 0 saturated heterocycles. The van der Waals surface area contributed by atoms with E-state index < -0.39 is 0 Å². The molecule has 0 radical (unpaired) electrons. The van der Waals surface area contributed by atoms with E-state index in [-0.39, 0.29) is 5.91 Å². The number of anilines is 1. The summed E-state index contributed by atoms with van der Waals surface area (Å²) in [6.45, 7) is 4.35. The fourth-order valence-corrected chi connectivity index (χ4v) is 4.05. The molecule has 1 N–H and O–H groups in total. The first-order chi connectivity index (χ1) is 9.61. The highest BCUT2D eigenvalue weighted by atomic mass is 16.1. The molecule has 1 aromatic carbocycles. The number of hydrogen-bond acceptors (Lipinski definition) is 1. The smallest absolute Gasteiger partial charge is 0.224 e. The van der Waals surface area contributed by atoms with E-state index in [1.807, 2.05) is 12.1 Å². The van der Waals surface area contributed by atoms with Crippen LogP contribution < -0.4 is 5.32 Å². The number of rotatable bonds is 4. The van der Waals surface area contributed by atoms with Crippen LogP contribution in [-0.4, -0.2) is 5.91 Å². The third kappa shape index (κ3) is 2.89. The van der Waals surface area contributed by atoms with Crippen LogP contribution in [0.15, 0.2) is 24.3 Å². The zero-order valence-corrected chi connectivity index (χ0v) is 12.6. The Morgan fingerprint density at radius 2 is 2.15 bits per heavy atom. The van der Waals surface area contributed by atoms with E-state index in [0.717, 1.165) is 17.5 Å². The lowest BCUT2D eigenvalue weighted by molar-refractivity contribution is -0.117. The molecule has 0 spiro atoms. The van der Waals surface area contributed by atoms with E-state index >= 15 is 0 Å². The third-order valence-electron chi connectivity index (χ3n) is 5.17. The number of hydrogen-bond donors (Lipinski definition) is 1. The van der Waals surface area contributed by atoms with Gasteiger partial charge in [0.2, 0.25) is 5.91 Å². The van der Waals surface area contributed by atoms with Gasteiger partial charge < -0.3 is 5.32 Å². The maximum absolute atomic E-state index is 12.2. The number of nitrogens with one attached hydrogen (secondary N) is 1. The summed E-state index contributed by atoms with van der Waals surface area (Å²) in [5.74, 6) is 3.08. The lowest BCUT2D eigenvalue weighted by Gasteiger charge is -2.21. The van der Waals surface area contributed by atoms with Crippen molar-refractivity contribution in [2.45, 2.75) is 51.9 Å². The largest absolute Gasteiger partial charge is 0.326 e. The lowest BCUT2D eigenvalue weighted by atomic mass is 9.86. The van der Waals surface area contributed by atoms with Gasteiger partial charge in [-0.2, -0.15) is 0 Å². The molecule has 108 valence electrons. The first-order valence-electron chi connectivity index (χ1n) is 8.01. The summed E-state index contributed by atoms with van der Waals surface area (Å²) in [6, 6.07) is 8.24. The number of carbonyl (C=O) groups excluding carboxylic acids is 1. The summed E-state index contributed by atoms with van der Waals surface area (Å²) in [5, 5.41) is 3.08. The van der Waals surface area contributed by atoms with Gasteiger partial charge in [-0.3, -0.25) is 4.79 Å². The molecule has 2 aliphatic carbocycles. The molecular weight excluding hydrogens is 246 g/mol. The maximum Gasteiger partial charge on any atom is 0.224 e. The van der Waals surface area contributed by atoms with Crippen molar-refractivity contribution in [3.8, 4) is 0 Å².